The summed E-state index contributed by atoms with van der Waals surface area (Å²) in [5.74, 6) is -1.76. The zero-order valence-corrected chi connectivity index (χ0v) is 12.3. The lowest BCUT2D eigenvalue weighted by Gasteiger charge is -2.07. The maximum atomic E-state index is 12.2. The van der Waals surface area contributed by atoms with Gasteiger partial charge in [-0.25, -0.2) is 4.79 Å². The Hall–Kier alpha value is -3.62. The fourth-order valence-electron chi connectivity index (χ4n) is 2.40. The van der Waals surface area contributed by atoms with Crippen LogP contribution < -0.4 is 16.6 Å². The molecular weight excluding hydrogens is 314 g/mol. The number of carbonyl (C=O) groups excluding carboxylic acids is 1. The van der Waals surface area contributed by atoms with E-state index >= 15 is 0 Å². The first-order valence-corrected chi connectivity index (χ1v) is 6.93. The maximum Gasteiger partial charge on any atom is 0.336 e. The predicted octanol–water partition coefficient (Wildman–Crippen LogP) is 0.462. The monoisotopic (exact) mass is 327 g/mol. The number of hydrogen-bond donors (Lipinski definition) is 5. The first-order chi connectivity index (χ1) is 11.5. The van der Waals surface area contributed by atoms with Crippen molar-refractivity contribution in [1.29, 1.82) is 0 Å². The van der Waals surface area contributed by atoms with Gasteiger partial charge in [-0.15, -0.1) is 0 Å². The first-order valence-electron chi connectivity index (χ1n) is 6.93. The SMILES string of the molecule is Nc1nc2[nH]cc(CNC(=O)c3ccccc3C(=O)O)c2c(=O)[nH]1. The van der Waals surface area contributed by atoms with E-state index in [0.29, 0.717) is 11.2 Å². The van der Waals surface area contributed by atoms with Crippen molar-refractivity contribution < 1.29 is 14.7 Å². The Morgan fingerprint density at radius 1 is 1.25 bits per heavy atom. The van der Waals surface area contributed by atoms with Gasteiger partial charge in [0.05, 0.1) is 16.5 Å². The number of aromatic amines is 2. The molecule has 0 aliphatic carbocycles. The highest BCUT2D eigenvalue weighted by molar-refractivity contribution is 6.04. The number of aromatic carboxylic acids is 1. The number of nitrogen functional groups attached to an aromatic ring is 1. The van der Waals surface area contributed by atoms with Crippen molar-refractivity contribution in [2.75, 3.05) is 5.73 Å². The van der Waals surface area contributed by atoms with Crippen LogP contribution in [0, 0.1) is 0 Å². The number of H-pyrrole nitrogens is 2. The molecular formula is C15H13N5O4. The molecule has 1 aromatic carbocycles. The molecule has 0 aliphatic rings. The first kappa shape index (κ1) is 15.3. The van der Waals surface area contributed by atoms with E-state index in [1.165, 1.54) is 24.4 Å². The van der Waals surface area contributed by atoms with Gasteiger partial charge in [-0.05, 0) is 12.1 Å². The molecule has 3 rings (SSSR count). The number of nitrogens with one attached hydrogen (secondary N) is 3. The summed E-state index contributed by atoms with van der Waals surface area (Å²) < 4.78 is 0. The summed E-state index contributed by atoms with van der Waals surface area (Å²) in [6, 6.07) is 5.88. The quantitative estimate of drug-likeness (QED) is 0.469. The Kier molecular flexibility index (Phi) is 3.74. The van der Waals surface area contributed by atoms with Gasteiger partial charge >= 0.3 is 5.97 Å². The van der Waals surface area contributed by atoms with E-state index in [-0.39, 0.29) is 29.0 Å². The van der Waals surface area contributed by atoms with Gasteiger partial charge in [0.1, 0.15) is 5.65 Å². The van der Waals surface area contributed by atoms with Crippen LogP contribution in [0.5, 0.6) is 0 Å². The molecule has 1 amide bonds. The molecule has 0 unspecified atom stereocenters. The third kappa shape index (κ3) is 2.70. The normalized spacial score (nSPS) is 10.7. The van der Waals surface area contributed by atoms with E-state index in [1.54, 1.807) is 6.07 Å². The van der Waals surface area contributed by atoms with Crippen LogP contribution in [0.25, 0.3) is 11.0 Å². The smallest absolute Gasteiger partial charge is 0.336 e. The van der Waals surface area contributed by atoms with E-state index in [1.807, 2.05) is 0 Å². The Bertz CT molecular complexity index is 1000. The molecule has 0 atom stereocenters. The van der Waals surface area contributed by atoms with E-state index < -0.39 is 17.4 Å². The van der Waals surface area contributed by atoms with E-state index in [0.717, 1.165) is 0 Å². The fraction of sp³-hybridized carbons (Fsp3) is 0.0667. The van der Waals surface area contributed by atoms with Crippen LogP contribution in [0.15, 0.2) is 35.3 Å². The Morgan fingerprint density at radius 3 is 2.67 bits per heavy atom. The Balaban J connectivity index is 1.86. The molecule has 0 fully saturated rings. The number of amides is 1. The Labute approximate surface area is 134 Å². The number of anilines is 1. The molecule has 24 heavy (non-hydrogen) atoms. The van der Waals surface area contributed by atoms with Crippen LogP contribution in [0.1, 0.15) is 26.3 Å². The molecule has 6 N–H and O–H groups in total. The van der Waals surface area contributed by atoms with Crippen LogP contribution in [-0.4, -0.2) is 31.9 Å². The van der Waals surface area contributed by atoms with Crippen LogP contribution in [-0.2, 0) is 6.54 Å². The maximum absolute atomic E-state index is 12.2. The van der Waals surface area contributed by atoms with Gasteiger partial charge in [0, 0.05) is 18.3 Å². The molecule has 3 aromatic rings. The number of nitrogens with zero attached hydrogens (tertiary/aromatic N) is 1. The van der Waals surface area contributed by atoms with Crippen molar-refractivity contribution >= 4 is 28.9 Å². The van der Waals surface area contributed by atoms with Gasteiger partial charge in [-0.1, -0.05) is 12.1 Å². The molecule has 9 heteroatoms. The molecule has 122 valence electrons. The van der Waals surface area contributed by atoms with Crippen LogP contribution >= 0.6 is 0 Å². The van der Waals surface area contributed by atoms with Crippen LogP contribution in [0.4, 0.5) is 5.95 Å². The summed E-state index contributed by atoms with van der Waals surface area (Å²) in [6.07, 6.45) is 1.54. The second-order valence-corrected chi connectivity index (χ2v) is 5.02. The minimum Gasteiger partial charge on any atom is -0.478 e. The van der Waals surface area contributed by atoms with Gasteiger partial charge in [0.25, 0.3) is 11.5 Å². The highest BCUT2D eigenvalue weighted by atomic mass is 16.4. The number of nitrogens with two attached hydrogens (primary N) is 1. The summed E-state index contributed by atoms with van der Waals surface area (Å²) in [5.41, 5.74) is 5.81. The molecule has 2 aromatic heterocycles. The fourth-order valence-corrected chi connectivity index (χ4v) is 2.40. The topological polar surface area (TPSA) is 154 Å². The van der Waals surface area contributed by atoms with Crippen molar-refractivity contribution in [3.63, 3.8) is 0 Å². The van der Waals surface area contributed by atoms with E-state index in [4.69, 9.17) is 10.8 Å². The largest absolute Gasteiger partial charge is 0.478 e. The summed E-state index contributed by atoms with van der Waals surface area (Å²) in [4.78, 5) is 44.5. The zero-order chi connectivity index (χ0) is 17.3. The second-order valence-electron chi connectivity index (χ2n) is 5.02. The molecule has 9 nitrogen and oxygen atoms in total. The van der Waals surface area contributed by atoms with Crippen molar-refractivity contribution in [3.05, 3.63) is 57.5 Å². The summed E-state index contributed by atoms with van der Waals surface area (Å²) in [5, 5.41) is 12.0. The molecule has 0 aliphatic heterocycles. The third-order valence-electron chi connectivity index (χ3n) is 3.48. The number of carboxylic acids is 1. The van der Waals surface area contributed by atoms with Crippen LogP contribution in [0.3, 0.4) is 0 Å². The van der Waals surface area contributed by atoms with Crippen LogP contribution in [0.2, 0.25) is 0 Å². The highest BCUT2D eigenvalue weighted by Gasteiger charge is 2.16. The van der Waals surface area contributed by atoms with Crippen molar-refractivity contribution in [1.82, 2.24) is 20.3 Å². The summed E-state index contributed by atoms with van der Waals surface area (Å²) in [6.45, 7) is 0.0292. The minimum atomic E-state index is -1.19. The second kappa shape index (κ2) is 5.88. The predicted molar refractivity (Wildman–Crippen MR) is 85.7 cm³/mol. The molecule has 0 bridgehead atoms. The van der Waals surface area contributed by atoms with Gasteiger partial charge in [-0.3, -0.25) is 14.6 Å². The molecule has 2 heterocycles. The number of benzene rings is 1. The van der Waals surface area contributed by atoms with Crippen molar-refractivity contribution in [2.24, 2.45) is 0 Å². The Morgan fingerprint density at radius 2 is 1.96 bits per heavy atom. The van der Waals surface area contributed by atoms with Crippen molar-refractivity contribution in [3.8, 4) is 0 Å². The van der Waals surface area contributed by atoms with E-state index in [2.05, 4.69) is 20.3 Å². The lowest BCUT2D eigenvalue weighted by molar-refractivity contribution is 0.0691. The lowest BCUT2D eigenvalue weighted by Crippen LogP contribution is -2.25. The van der Waals surface area contributed by atoms with Gasteiger partial charge in [-0.2, -0.15) is 4.98 Å². The standard InChI is InChI=1S/C15H13N5O4/c16-15-19-11-10(13(22)20-15)7(5-17-11)6-18-12(21)8-3-1-2-4-9(8)14(23)24/h1-5H,6H2,(H,18,21)(H,23,24)(H4,16,17,19,20,22). The molecule has 0 spiro atoms. The highest BCUT2D eigenvalue weighted by Crippen LogP contribution is 2.13. The number of fused-ring (bicyclic) bond motifs is 1. The van der Waals surface area contributed by atoms with Gasteiger partial charge < -0.3 is 21.1 Å². The average Bonchev–Trinajstić information content (AvgIpc) is 2.95. The lowest BCUT2D eigenvalue weighted by atomic mass is 10.1. The molecule has 0 saturated carbocycles. The van der Waals surface area contributed by atoms with Gasteiger partial charge in [0.15, 0.2) is 0 Å². The number of carboxylic acid groups (broad SMARTS) is 1. The zero-order valence-electron chi connectivity index (χ0n) is 12.3. The number of carbonyl (C=O) groups is 2. The summed E-state index contributed by atoms with van der Waals surface area (Å²) >= 11 is 0. The minimum absolute atomic E-state index is 0.0136. The third-order valence-corrected chi connectivity index (χ3v) is 3.48. The van der Waals surface area contributed by atoms with Gasteiger partial charge in [0.2, 0.25) is 5.95 Å². The van der Waals surface area contributed by atoms with Crippen molar-refractivity contribution in [2.45, 2.75) is 6.54 Å². The van der Waals surface area contributed by atoms with E-state index in [9.17, 15) is 14.4 Å². The average molecular weight is 327 g/mol. The summed E-state index contributed by atoms with van der Waals surface area (Å²) in [7, 11) is 0. The number of rotatable bonds is 4. The molecule has 0 saturated heterocycles. The molecule has 0 radical (unpaired) electrons. The number of aromatic nitrogens is 3. The number of hydrogen-bond acceptors (Lipinski definition) is 5.